The van der Waals surface area contributed by atoms with Gasteiger partial charge in [-0.05, 0) is 72.8 Å². The minimum atomic E-state index is -0.383. The van der Waals surface area contributed by atoms with Gasteiger partial charge in [0, 0.05) is 16.6 Å². The van der Waals surface area contributed by atoms with Crippen LogP contribution < -0.4 is 20.2 Å². The Hall–Kier alpha value is -4.58. The number of fused-ring (bicyclic) bond motifs is 2. The number of rotatable bonds is 6. The van der Waals surface area contributed by atoms with Crippen molar-refractivity contribution in [2.24, 2.45) is 0 Å². The van der Waals surface area contributed by atoms with E-state index in [2.05, 4.69) is 5.32 Å². The highest BCUT2D eigenvalue weighted by atomic mass is 16.5. The number of ether oxygens (including phenoxy) is 2. The Kier molecular flexibility index (Phi) is 6.17. The predicted molar refractivity (Wildman–Crippen MR) is 142 cm³/mol. The van der Waals surface area contributed by atoms with Crippen molar-refractivity contribution < 1.29 is 18.7 Å². The zero-order chi connectivity index (χ0) is 25.2. The van der Waals surface area contributed by atoms with Gasteiger partial charge in [0.2, 0.25) is 11.2 Å². The molecule has 0 saturated carbocycles. The van der Waals surface area contributed by atoms with E-state index < -0.39 is 0 Å². The summed E-state index contributed by atoms with van der Waals surface area (Å²) in [5.74, 6) is 0.539. The van der Waals surface area contributed by atoms with E-state index >= 15 is 0 Å². The summed E-state index contributed by atoms with van der Waals surface area (Å²) in [6.45, 7) is 3.54. The van der Waals surface area contributed by atoms with Crippen LogP contribution in [-0.2, 0) is 4.79 Å². The highest BCUT2D eigenvalue weighted by molar-refractivity contribution is 6.02. The van der Waals surface area contributed by atoms with Gasteiger partial charge >= 0.3 is 0 Å². The van der Waals surface area contributed by atoms with E-state index in [0.717, 1.165) is 21.9 Å². The monoisotopic (exact) mass is 479 g/mol. The Morgan fingerprint density at radius 2 is 1.61 bits per heavy atom. The van der Waals surface area contributed by atoms with Crippen molar-refractivity contribution in [3.05, 3.63) is 100 Å². The molecule has 0 aliphatic carbocycles. The highest BCUT2D eigenvalue weighted by Gasteiger charge is 2.20. The maximum atomic E-state index is 13.5. The fourth-order valence-electron chi connectivity index (χ4n) is 4.16. The van der Waals surface area contributed by atoms with Crippen molar-refractivity contribution >= 4 is 33.3 Å². The lowest BCUT2D eigenvalue weighted by Crippen LogP contribution is -2.22. The molecule has 0 bridgehead atoms. The van der Waals surface area contributed by atoms with Crippen molar-refractivity contribution in [1.29, 1.82) is 0 Å². The van der Waals surface area contributed by atoms with Crippen molar-refractivity contribution in [2.45, 2.75) is 13.8 Å². The minimum absolute atomic E-state index is 0.0102. The van der Waals surface area contributed by atoms with Gasteiger partial charge in [0.1, 0.15) is 11.3 Å². The molecule has 6 nitrogen and oxygen atoms in total. The number of hydrogen-bond acceptors (Lipinski definition) is 5. The predicted octanol–water partition coefficient (Wildman–Crippen LogP) is 6.26. The van der Waals surface area contributed by atoms with Crippen LogP contribution in [0.4, 0.5) is 5.69 Å². The molecule has 0 atom stereocenters. The Bertz CT molecular complexity index is 1650. The summed E-state index contributed by atoms with van der Waals surface area (Å²) < 4.78 is 17.3. The second-order valence-electron chi connectivity index (χ2n) is 8.61. The number of amides is 1. The molecule has 0 spiro atoms. The lowest BCUT2D eigenvalue weighted by Gasteiger charge is -2.13. The van der Waals surface area contributed by atoms with Crippen LogP contribution >= 0.6 is 0 Å². The van der Waals surface area contributed by atoms with E-state index in [9.17, 15) is 9.59 Å². The summed E-state index contributed by atoms with van der Waals surface area (Å²) in [7, 11) is 1.58. The third kappa shape index (κ3) is 4.41. The SMILES string of the molecule is COc1ccc(-c2oc3cc(C)c(C)cc3c(=O)c2OCC(=O)Nc2cccc3ccccc23)cc1. The first-order chi connectivity index (χ1) is 17.4. The van der Waals surface area contributed by atoms with E-state index in [1.165, 1.54) is 0 Å². The fourth-order valence-corrected chi connectivity index (χ4v) is 4.16. The quantitative estimate of drug-likeness (QED) is 0.311. The number of aryl methyl sites for hydroxylation is 2. The third-order valence-corrected chi connectivity index (χ3v) is 6.23. The first kappa shape index (κ1) is 23.2. The number of anilines is 1. The molecule has 180 valence electrons. The molecule has 0 radical (unpaired) electrons. The van der Waals surface area contributed by atoms with Crippen LogP contribution in [0.1, 0.15) is 11.1 Å². The van der Waals surface area contributed by atoms with E-state index in [1.807, 2.05) is 62.4 Å². The van der Waals surface area contributed by atoms with Gasteiger partial charge in [-0.1, -0.05) is 36.4 Å². The van der Waals surface area contributed by atoms with Crippen LogP contribution in [0.15, 0.2) is 88.1 Å². The second-order valence-corrected chi connectivity index (χ2v) is 8.61. The molecule has 1 aromatic heterocycles. The summed E-state index contributed by atoms with van der Waals surface area (Å²) >= 11 is 0. The summed E-state index contributed by atoms with van der Waals surface area (Å²) in [6, 6.07) is 24.2. The summed E-state index contributed by atoms with van der Waals surface area (Å²) in [6.07, 6.45) is 0. The van der Waals surface area contributed by atoms with E-state index in [-0.39, 0.29) is 29.5 Å². The number of carbonyl (C=O) groups excluding carboxylic acids is 1. The zero-order valence-electron chi connectivity index (χ0n) is 20.3. The van der Waals surface area contributed by atoms with Gasteiger partial charge < -0.3 is 19.2 Å². The minimum Gasteiger partial charge on any atom is -0.497 e. The third-order valence-electron chi connectivity index (χ3n) is 6.23. The summed E-state index contributed by atoms with van der Waals surface area (Å²) in [4.78, 5) is 26.4. The zero-order valence-corrected chi connectivity index (χ0v) is 20.3. The second kappa shape index (κ2) is 9.58. The molecular formula is C30H25NO5. The summed E-state index contributed by atoms with van der Waals surface area (Å²) in [5.41, 5.74) is 3.41. The number of nitrogens with one attached hydrogen (secondary N) is 1. The highest BCUT2D eigenvalue weighted by Crippen LogP contribution is 2.33. The Morgan fingerprint density at radius 1 is 0.889 bits per heavy atom. The van der Waals surface area contributed by atoms with Crippen LogP contribution in [0.3, 0.4) is 0 Å². The molecular weight excluding hydrogens is 454 g/mol. The largest absolute Gasteiger partial charge is 0.497 e. The topological polar surface area (TPSA) is 77.8 Å². The molecule has 36 heavy (non-hydrogen) atoms. The molecule has 0 saturated heterocycles. The number of carbonyl (C=O) groups is 1. The van der Waals surface area contributed by atoms with E-state index in [4.69, 9.17) is 13.9 Å². The van der Waals surface area contributed by atoms with Gasteiger partial charge in [0.25, 0.3) is 5.91 Å². The molecule has 1 amide bonds. The molecule has 6 heteroatoms. The summed E-state index contributed by atoms with van der Waals surface area (Å²) in [5, 5.41) is 5.22. The normalized spacial score (nSPS) is 11.0. The number of benzene rings is 4. The van der Waals surface area contributed by atoms with Gasteiger partial charge in [-0.25, -0.2) is 0 Å². The molecule has 1 heterocycles. The smallest absolute Gasteiger partial charge is 0.262 e. The first-order valence-corrected chi connectivity index (χ1v) is 11.6. The van der Waals surface area contributed by atoms with E-state index in [0.29, 0.717) is 28.0 Å². The lowest BCUT2D eigenvalue weighted by molar-refractivity contribution is -0.118. The number of hydrogen-bond donors (Lipinski definition) is 1. The van der Waals surface area contributed by atoms with Gasteiger partial charge in [-0.3, -0.25) is 9.59 Å². The van der Waals surface area contributed by atoms with Gasteiger partial charge in [0.15, 0.2) is 12.4 Å². The standard InChI is InChI=1S/C30H25NO5/c1-18-15-24-26(16-19(18)2)36-29(21-11-13-22(34-3)14-12-21)30(28(24)33)35-17-27(32)31-25-10-6-8-20-7-4-5-9-23(20)25/h4-16H,17H2,1-3H3,(H,31,32). The Balaban J connectivity index is 1.50. The molecule has 0 aliphatic rings. The van der Waals surface area contributed by atoms with Crippen LogP contribution in [0.2, 0.25) is 0 Å². The fraction of sp³-hybridized carbons (Fsp3) is 0.133. The molecule has 4 aromatic carbocycles. The first-order valence-electron chi connectivity index (χ1n) is 11.6. The maximum Gasteiger partial charge on any atom is 0.262 e. The average Bonchev–Trinajstić information content (AvgIpc) is 2.89. The van der Waals surface area contributed by atoms with Crippen molar-refractivity contribution in [3.8, 4) is 22.8 Å². The molecule has 0 aliphatic heterocycles. The number of methoxy groups -OCH3 is 1. The van der Waals surface area contributed by atoms with Crippen molar-refractivity contribution in [2.75, 3.05) is 19.0 Å². The van der Waals surface area contributed by atoms with Crippen LogP contribution in [0.25, 0.3) is 33.1 Å². The van der Waals surface area contributed by atoms with Crippen LogP contribution in [-0.4, -0.2) is 19.6 Å². The Labute approximate surface area is 208 Å². The lowest BCUT2D eigenvalue weighted by atomic mass is 10.0. The Morgan fingerprint density at radius 3 is 2.39 bits per heavy atom. The molecule has 5 rings (SSSR count). The maximum absolute atomic E-state index is 13.5. The molecule has 0 unspecified atom stereocenters. The van der Waals surface area contributed by atoms with Gasteiger partial charge in [-0.15, -0.1) is 0 Å². The van der Waals surface area contributed by atoms with Gasteiger partial charge in [0.05, 0.1) is 12.5 Å². The van der Waals surface area contributed by atoms with Crippen molar-refractivity contribution in [1.82, 2.24) is 0 Å². The van der Waals surface area contributed by atoms with Crippen LogP contribution in [0, 0.1) is 13.8 Å². The van der Waals surface area contributed by atoms with Gasteiger partial charge in [-0.2, -0.15) is 0 Å². The van der Waals surface area contributed by atoms with Crippen LogP contribution in [0.5, 0.6) is 11.5 Å². The van der Waals surface area contributed by atoms with E-state index in [1.54, 1.807) is 37.4 Å². The molecule has 5 aromatic rings. The average molecular weight is 480 g/mol. The molecule has 0 fully saturated rings. The van der Waals surface area contributed by atoms with Crippen molar-refractivity contribution in [3.63, 3.8) is 0 Å². The molecule has 1 N–H and O–H groups in total.